The van der Waals surface area contributed by atoms with E-state index in [1.54, 1.807) is 49.4 Å². The summed E-state index contributed by atoms with van der Waals surface area (Å²) >= 11 is 12.4. The molecule has 2 amide bonds. The molecule has 10 heteroatoms. The van der Waals surface area contributed by atoms with Gasteiger partial charge in [0, 0.05) is 23.1 Å². The molecule has 7 nitrogen and oxygen atoms in total. The number of carbonyl (C=O) groups is 2. The zero-order chi connectivity index (χ0) is 28.7. The quantitative estimate of drug-likeness (QED) is 0.311. The zero-order valence-corrected chi connectivity index (χ0v) is 24.7. The van der Waals surface area contributed by atoms with E-state index in [4.69, 9.17) is 23.2 Å². The molecule has 0 radical (unpaired) electrons. The van der Waals surface area contributed by atoms with E-state index in [2.05, 4.69) is 5.32 Å². The molecule has 0 bridgehead atoms. The van der Waals surface area contributed by atoms with Crippen molar-refractivity contribution in [3.8, 4) is 0 Å². The summed E-state index contributed by atoms with van der Waals surface area (Å²) in [5, 5.41) is 3.69. The molecule has 0 unspecified atom stereocenters. The molecule has 1 atom stereocenters. The first kappa shape index (κ1) is 30.5. The van der Waals surface area contributed by atoms with Gasteiger partial charge < -0.3 is 10.2 Å². The summed E-state index contributed by atoms with van der Waals surface area (Å²) in [6, 6.07) is 18.8. The van der Waals surface area contributed by atoms with Crippen LogP contribution >= 0.6 is 23.2 Å². The Balaban J connectivity index is 2.02. The SMILES string of the molecule is Cc1cccc(N(CC(=O)N(Cc2ccccc2Cl)[C@H](C)C(=O)NCC(C)C)S(=O)(=O)c2ccc(Cl)cc2)c1. The number of sulfonamides is 1. The molecule has 0 aliphatic heterocycles. The molecule has 3 aromatic carbocycles. The first-order valence-electron chi connectivity index (χ1n) is 12.6. The molecule has 39 heavy (non-hydrogen) atoms. The van der Waals surface area contributed by atoms with Crippen molar-refractivity contribution in [1.82, 2.24) is 10.2 Å². The van der Waals surface area contributed by atoms with Crippen LogP contribution in [0.1, 0.15) is 31.9 Å². The Hall–Kier alpha value is -3.07. The molecule has 0 fully saturated rings. The van der Waals surface area contributed by atoms with E-state index in [1.807, 2.05) is 26.8 Å². The van der Waals surface area contributed by atoms with Gasteiger partial charge in [-0.3, -0.25) is 13.9 Å². The lowest BCUT2D eigenvalue weighted by molar-refractivity contribution is -0.139. The summed E-state index contributed by atoms with van der Waals surface area (Å²) in [6.45, 7) is 7.34. The Kier molecular flexibility index (Phi) is 10.4. The van der Waals surface area contributed by atoms with Gasteiger partial charge in [0.25, 0.3) is 10.0 Å². The molecule has 1 N–H and O–H groups in total. The van der Waals surface area contributed by atoms with E-state index >= 15 is 0 Å². The third-order valence-corrected chi connectivity index (χ3v) is 8.53. The minimum absolute atomic E-state index is 0.0124. The van der Waals surface area contributed by atoms with E-state index < -0.39 is 28.5 Å². The maximum absolute atomic E-state index is 13.9. The van der Waals surface area contributed by atoms with Gasteiger partial charge in [0.2, 0.25) is 11.8 Å². The van der Waals surface area contributed by atoms with Crippen LogP contribution in [0.25, 0.3) is 0 Å². The highest BCUT2D eigenvalue weighted by atomic mass is 35.5. The predicted octanol–water partition coefficient (Wildman–Crippen LogP) is 5.69. The van der Waals surface area contributed by atoms with Gasteiger partial charge in [-0.2, -0.15) is 0 Å². The first-order valence-corrected chi connectivity index (χ1v) is 14.7. The topological polar surface area (TPSA) is 86.8 Å². The lowest BCUT2D eigenvalue weighted by Crippen LogP contribution is -2.51. The number of aryl methyl sites for hydroxylation is 1. The molecular formula is C29H33Cl2N3O4S. The summed E-state index contributed by atoms with van der Waals surface area (Å²) < 4.78 is 28.7. The molecule has 0 aliphatic rings. The van der Waals surface area contributed by atoms with Gasteiger partial charge in [0.1, 0.15) is 12.6 Å². The Morgan fingerprint density at radius 3 is 2.21 bits per heavy atom. The van der Waals surface area contributed by atoms with Crippen LogP contribution in [0.3, 0.4) is 0 Å². The Morgan fingerprint density at radius 2 is 1.59 bits per heavy atom. The average molecular weight is 591 g/mol. The van der Waals surface area contributed by atoms with E-state index in [0.717, 1.165) is 9.87 Å². The van der Waals surface area contributed by atoms with Crippen LogP contribution in [0.2, 0.25) is 10.0 Å². The standard InChI is InChI=1S/C29H33Cl2N3O4S/c1-20(2)17-32-29(36)22(4)33(18-23-9-5-6-11-27(23)31)28(35)19-34(25-10-7-8-21(3)16-25)39(37,38)26-14-12-24(30)13-15-26/h5-16,20,22H,17-19H2,1-4H3,(H,32,36)/t22-/m1/s1. The lowest BCUT2D eigenvalue weighted by atomic mass is 10.1. The molecule has 0 aliphatic carbocycles. The Morgan fingerprint density at radius 1 is 0.923 bits per heavy atom. The number of halogens is 2. The van der Waals surface area contributed by atoms with Gasteiger partial charge in [0.05, 0.1) is 10.6 Å². The van der Waals surface area contributed by atoms with Crippen LogP contribution in [-0.4, -0.2) is 44.3 Å². The maximum atomic E-state index is 13.9. The first-order chi connectivity index (χ1) is 18.4. The van der Waals surface area contributed by atoms with Crippen molar-refractivity contribution in [3.05, 3.63) is 94.0 Å². The van der Waals surface area contributed by atoms with E-state index in [1.165, 1.54) is 29.2 Å². The highest BCUT2D eigenvalue weighted by molar-refractivity contribution is 7.92. The summed E-state index contributed by atoms with van der Waals surface area (Å²) in [7, 11) is -4.16. The summed E-state index contributed by atoms with van der Waals surface area (Å²) in [4.78, 5) is 28.3. The smallest absolute Gasteiger partial charge is 0.264 e. The van der Waals surface area contributed by atoms with Crippen molar-refractivity contribution in [2.24, 2.45) is 5.92 Å². The molecule has 0 saturated carbocycles. The number of hydrogen-bond acceptors (Lipinski definition) is 4. The van der Waals surface area contributed by atoms with Gasteiger partial charge >= 0.3 is 0 Å². The van der Waals surface area contributed by atoms with Crippen LogP contribution < -0.4 is 9.62 Å². The van der Waals surface area contributed by atoms with Crippen molar-refractivity contribution in [3.63, 3.8) is 0 Å². The predicted molar refractivity (Wildman–Crippen MR) is 156 cm³/mol. The molecule has 0 saturated heterocycles. The molecule has 0 spiro atoms. The Labute approximate surface area is 240 Å². The van der Waals surface area contributed by atoms with Crippen LogP contribution in [0.4, 0.5) is 5.69 Å². The summed E-state index contributed by atoms with van der Waals surface area (Å²) in [5.41, 5.74) is 1.79. The second kappa shape index (κ2) is 13.3. The molecule has 0 heterocycles. The second-order valence-electron chi connectivity index (χ2n) is 9.73. The fourth-order valence-electron chi connectivity index (χ4n) is 3.89. The molecule has 0 aromatic heterocycles. The number of nitrogens with zero attached hydrogens (tertiary/aromatic N) is 2. The molecular weight excluding hydrogens is 557 g/mol. The van der Waals surface area contributed by atoms with Gasteiger partial charge in [-0.15, -0.1) is 0 Å². The van der Waals surface area contributed by atoms with Gasteiger partial charge in [0.15, 0.2) is 0 Å². The fraction of sp³-hybridized carbons (Fsp3) is 0.310. The van der Waals surface area contributed by atoms with Crippen molar-refractivity contribution in [2.75, 3.05) is 17.4 Å². The number of nitrogens with one attached hydrogen (secondary N) is 1. The summed E-state index contributed by atoms with van der Waals surface area (Å²) in [5.74, 6) is -0.678. The van der Waals surface area contributed by atoms with Gasteiger partial charge in [-0.05, 0) is 73.4 Å². The van der Waals surface area contributed by atoms with Crippen molar-refractivity contribution < 1.29 is 18.0 Å². The van der Waals surface area contributed by atoms with E-state index in [0.29, 0.717) is 27.8 Å². The van der Waals surface area contributed by atoms with Crippen molar-refractivity contribution >= 4 is 50.7 Å². The third-order valence-electron chi connectivity index (χ3n) is 6.12. The van der Waals surface area contributed by atoms with E-state index in [9.17, 15) is 18.0 Å². The number of carbonyl (C=O) groups excluding carboxylic acids is 2. The van der Waals surface area contributed by atoms with Gasteiger partial charge in [-0.1, -0.05) is 67.4 Å². The van der Waals surface area contributed by atoms with Crippen molar-refractivity contribution in [2.45, 2.75) is 45.2 Å². The number of rotatable bonds is 11. The lowest BCUT2D eigenvalue weighted by Gasteiger charge is -2.32. The zero-order valence-electron chi connectivity index (χ0n) is 22.4. The molecule has 3 aromatic rings. The normalized spacial score (nSPS) is 12.2. The second-order valence-corrected chi connectivity index (χ2v) is 12.4. The van der Waals surface area contributed by atoms with Crippen LogP contribution in [0.5, 0.6) is 0 Å². The van der Waals surface area contributed by atoms with Crippen LogP contribution in [0.15, 0.2) is 77.7 Å². The maximum Gasteiger partial charge on any atom is 0.264 e. The third kappa shape index (κ3) is 7.97. The highest BCUT2D eigenvalue weighted by Crippen LogP contribution is 2.27. The number of amides is 2. The minimum atomic E-state index is -4.16. The van der Waals surface area contributed by atoms with Crippen molar-refractivity contribution in [1.29, 1.82) is 0 Å². The van der Waals surface area contributed by atoms with Gasteiger partial charge in [-0.25, -0.2) is 8.42 Å². The molecule has 208 valence electrons. The average Bonchev–Trinajstić information content (AvgIpc) is 2.89. The monoisotopic (exact) mass is 589 g/mol. The number of anilines is 1. The highest BCUT2D eigenvalue weighted by Gasteiger charge is 2.32. The Bertz CT molecular complexity index is 1410. The minimum Gasteiger partial charge on any atom is -0.354 e. The summed E-state index contributed by atoms with van der Waals surface area (Å²) in [6.07, 6.45) is 0. The fourth-order valence-corrected chi connectivity index (χ4v) is 5.62. The number of benzene rings is 3. The molecule has 3 rings (SSSR count). The van der Waals surface area contributed by atoms with E-state index in [-0.39, 0.29) is 23.3 Å². The largest absolute Gasteiger partial charge is 0.354 e. The van der Waals surface area contributed by atoms with Crippen LogP contribution in [0, 0.1) is 12.8 Å². The van der Waals surface area contributed by atoms with Crippen LogP contribution in [-0.2, 0) is 26.2 Å². The number of hydrogen-bond donors (Lipinski definition) is 1.